The first-order chi connectivity index (χ1) is 8.40. The molecule has 0 aromatic carbocycles. The Hall–Kier alpha value is -1.23. The number of hydrogen-bond donors (Lipinski definition) is 2. The number of fused-ring (bicyclic) bond motifs is 1. The van der Waals surface area contributed by atoms with Crippen LogP contribution >= 0.6 is 11.3 Å². The molecule has 88 valence electrons. The van der Waals surface area contributed by atoms with E-state index in [1.54, 1.807) is 11.3 Å². The minimum absolute atomic E-state index is 0.186. The molecule has 0 radical (unpaired) electrons. The van der Waals surface area contributed by atoms with Crippen LogP contribution in [0.4, 0.5) is 0 Å². The first-order valence-corrected chi connectivity index (χ1v) is 6.71. The van der Waals surface area contributed by atoms with Crippen LogP contribution < -0.4 is 11.3 Å². The Labute approximate surface area is 105 Å². The second-order valence-electron chi connectivity index (χ2n) is 4.35. The number of rotatable bonds is 3. The van der Waals surface area contributed by atoms with Crippen LogP contribution in [0.15, 0.2) is 35.8 Å². The van der Waals surface area contributed by atoms with Gasteiger partial charge in [0.05, 0.1) is 6.04 Å². The molecule has 3 N–H and O–H groups in total. The molecular weight excluding hydrogens is 230 g/mol. The van der Waals surface area contributed by atoms with Crippen LogP contribution in [0, 0.1) is 0 Å². The number of nitrogens with two attached hydrogens (primary N) is 1. The summed E-state index contributed by atoms with van der Waals surface area (Å²) >= 11 is 1.75. The van der Waals surface area contributed by atoms with Crippen LogP contribution in [0.5, 0.6) is 0 Å². The van der Waals surface area contributed by atoms with Gasteiger partial charge in [0.1, 0.15) is 0 Å². The quantitative estimate of drug-likeness (QED) is 0.645. The summed E-state index contributed by atoms with van der Waals surface area (Å²) in [4.78, 5) is 5.82. The summed E-state index contributed by atoms with van der Waals surface area (Å²) in [6, 6.07) is 8.57. The first kappa shape index (κ1) is 10.9. The second kappa shape index (κ2) is 4.56. The third-order valence-electron chi connectivity index (χ3n) is 3.43. The number of thiophene rings is 1. The molecule has 0 aliphatic heterocycles. The number of aryl methyl sites for hydroxylation is 1. The van der Waals surface area contributed by atoms with Gasteiger partial charge in [-0.3, -0.25) is 16.3 Å². The van der Waals surface area contributed by atoms with Crippen molar-refractivity contribution in [3.63, 3.8) is 0 Å². The van der Waals surface area contributed by atoms with Gasteiger partial charge in [-0.15, -0.1) is 11.3 Å². The predicted molar refractivity (Wildman–Crippen MR) is 69.7 cm³/mol. The molecule has 0 saturated carbocycles. The summed E-state index contributed by atoms with van der Waals surface area (Å²) in [6.07, 6.45) is 4.11. The fourth-order valence-corrected chi connectivity index (χ4v) is 3.48. The highest BCUT2D eigenvalue weighted by molar-refractivity contribution is 7.10. The highest BCUT2D eigenvalue weighted by atomic mass is 32.1. The van der Waals surface area contributed by atoms with Crippen LogP contribution in [0.25, 0.3) is 0 Å². The average Bonchev–Trinajstić information content (AvgIpc) is 3.01. The van der Waals surface area contributed by atoms with Crippen molar-refractivity contribution < 1.29 is 0 Å². The van der Waals surface area contributed by atoms with Gasteiger partial charge in [0.25, 0.3) is 0 Å². The van der Waals surface area contributed by atoms with Gasteiger partial charge in [-0.1, -0.05) is 12.1 Å². The Bertz CT molecular complexity index is 495. The topological polar surface area (TPSA) is 50.9 Å². The molecule has 3 rings (SSSR count). The van der Waals surface area contributed by atoms with Crippen LogP contribution in [-0.4, -0.2) is 4.98 Å². The summed E-state index contributed by atoms with van der Waals surface area (Å²) in [6.45, 7) is 0. The lowest BCUT2D eigenvalue weighted by Gasteiger charge is -2.21. The molecule has 1 aliphatic rings. The highest BCUT2D eigenvalue weighted by Gasteiger charge is 2.31. The monoisotopic (exact) mass is 245 g/mol. The van der Waals surface area contributed by atoms with E-state index in [1.807, 2.05) is 12.3 Å². The maximum atomic E-state index is 5.73. The molecule has 0 saturated heterocycles. The molecule has 2 heterocycles. The minimum atomic E-state index is 0.186. The number of nitrogens with one attached hydrogen (secondary N) is 1. The number of hydrazine groups is 1. The van der Waals surface area contributed by atoms with E-state index in [0.717, 1.165) is 12.8 Å². The summed E-state index contributed by atoms with van der Waals surface area (Å²) in [7, 11) is 0. The lowest BCUT2D eigenvalue weighted by molar-refractivity contribution is 0.453. The van der Waals surface area contributed by atoms with Gasteiger partial charge in [-0.05, 0) is 35.9 Å². The van der Waals surface area contributed by atoms with E-state index in [1.165, 1.54) is 16.1 Å². The SMILES string of the molecule is NNC(c1cccs1)C1CCc2cccnc21. The van der Waals surface area contributed by atoms with Gasteiger partial charge in [0.15, 0.2) is 0 Å². The number of hydrogen-bond acceptors (Lipinski definition) is 4. The van der Waals surface area contributed by atoms with Gasteiger partial charge in [0, 0.05) is 22.7 Å². The molecule has 2 aromatic rings. The van der Waals surface area contributed by atoms with Gasteiger partial charge in [-0.25, -0.2) is 0 Å². The molecule has 2 atom stereocenters. The third-order valence-corrected chi connectivity index (χ3v) is 4.39. The van der Waals surface area contributed by atoms with Crippen molar-refractivity contribution in [2.75, 3.05) is 0 Å². The number of aromatic nitrogens is 1. The zero-order valence-electron chi connectivity index (χ0n) is 9.47. The van der Waals surface area contributed by atoms with Crippen molar-refractivity contribution in [1.29, 1.82) is 0 Å². The Morgan fingerprint density at radius 1 is 1.41 bits per heavy atom. The summed E-state index contributed by atoms with van der Waals surface area (Å²) < 4.78 is 0. The number of nitrogens with zero attached hydrogens (tertiary/aromatic N) is 1. The van der Waals surface area contributed by atoms with E-state index in [9.17, 15) is 0 Å². The number of pyridine rings is 1. The van der Waals surface area contributed by atoms with E-state index < -0.39 is 0 Å². The molecule has 0 amide bonds. The van der Waals surface area contributed by atoms with Crippen molar-refractivity contribution in [3.05, 3.63) is 52.0 Å². The smallest absolute Gasteiger partial charge is 0.0636 e. The summed E-state index contributed by atoms with van der Waals surface area (Å²) in [5.41, 5.74) is 5.54. The van der Waals surface area contributed by atoms with Gasteiger partial charge >= 0.3 is 0 Å². The molecule has 0 fully saturated rings. The molecule has 3 nitrogen and oxygen atoms in total. The van der Waals surface area contributed by atoms with E-state index in [-0.39, 0.29) is 6.04 Å². The van der Waals surface area contributed by atoms with Crippen molar-refractivity contribution in [2.45, 2.75) is 24.8 Å². The Morgan fingerprint density at radius 2 is 2.35 bits per heavy atom. The fourth-order valence-electron chi connectivity index (χ4n) is 2.63. The highest BCUT2D eigenvalue weighted by Crippen LogP contribution is 2.41. The Kier molecular flexibility index (Phi) is 2.93. The molecule has 1 aliphatic carbocycles. The average molecular weight is 245 g/mol. The van der Waals surface area contributed by atoms with Crippen LogP contribution in [-0.2, 0) is 6.42 Å². The zero-order chi connectivity index (χ0) is 11.7. The molecular formula is C13H15N3S. The predicted octanol–water partition coefficient (Wildman–Crippen LogP) is 2.38. The fraction of sp³-hybridized carbons (Fsp3) is 0.308. The molecule has 0 spiro atoms. The maximum absolute atomic E-state index is 5.73. The second-order valence-corrected chi connectivity index (χ2v) is 5.33. The van der Waals surface area contributed by atoms with Gasteiger partial charge in [0.2, 0.25) is 0 Å². The molecule has 0 bridgehead atoms. The van der Waals surface area contributed by atoms with E-state index in [0.29, 0.717) is 5.92 Å². The van der Waals surface area contributed by atoms with Crippen LogP contribution in [0.2, 0.25) is 0 Å². The summed E-state index contributed by atoms with van der Waals surface area (Å²) in [5.74, 6) is 6.13. The van der Waals surface area contributed by atoms with Crippen molar-refractivity contribution >= 4 is 11.3 Å². The Balaban J connectivity index is 1.95. The standard InChI is InChI=1S/C13H15N3S/c14-16-13(11-4-2-8-17-11)10-6-5-9-3-1-7-15-12(9)10/h1-4,7-8,10,13,16H,5-6,14H2. The summed E-state index contributed by atoms with van der Waals surface area (Å²) in [5, 5.41) is 2.09. The lowest BCUT2D eigenvalue weighted by atomic mass is 9.96. The molecule has 2 aromatic heterocycles. The molecule has 2 unspecified atom stereocenters. The third kappa shape index (κ3) is 1.88. The maximum Gasteiger partial charge on any atom is 0.0636 e. The normalized spacial score (nSPS) is 20.2. The van der Waals surface area contributed by atoms with Gasteiger partial charge < -0.3 is 0 Å². The van der Waals surface area contributed by atoms with Crippen LogP contribution in [0.1, 0.15) is 34.5 Å². The van der Waals surface area contributed by atoms with Crippen molar-refractivity contribution in [1.82, 2.24) is 10.4 Å². The Morgan fingerprint density at radius 3 is 3.12 bits per heavy atom. The molecule has 17 heavy (non-hydrogen) atoms. The lowest BCUT2D eigenvalue weighted by Crippen LogP contribution is -2.31. The largest absolute Gasteiger partial charge is 0.271 e. The van der Waals surface area contributed by atoms with Gasteiger partial charge in [-0.2, -0.15) is 0 Å². The molecule has 4 heteroatoms. The van der Waals surface area contributed by atoms with E-state index in [2.05, 4.69) is 34.0 Å². The van der Waals surface area contributed by atoms with Crippen molar-refractivity contribution in [3.8, 4) is 0 Å². The minimum Gasteiger partial charge on any atom is -0.271 e. The zero-order valence-corrected chi connectivity index (χ0v) is 10.3. The van der Waals surface area contributed by atoms with E-state index in [4.69, 9.17) is 5.84 Å². The van der Waals surface area contributed by atoms with E-state index >= 15 is 0 Å². The van der Waals surface area contributed by atoms with Crippen LogP contribution in [0.3, 0.4) is 0 Å². The van der Waals surface area contributed by atoms with Crippen molar-refractivity contribution in [2.24, 2.45) is 5.84 Å². The first-order valence-electron chi connectivity index (χ1n) is 5.83.